The van der Waals surface area contributed by atoms with Crippen LogP contribution in [-0.4, -0.2) is 36.5 Å². The van der Waals surface area contributed by atoms with Gasteiger partial charge in [0.25, 0.3) is 0 Å². The van der Waals surface area contributed by atoms with Gasteiger partial charge in [0.1, 0.15) is 0 Å². The van der Waals surface area contributed by atoms with Crippen molar-refractivity contribution < 1.29 is 4.79 Å². The Balaban J connectivity index is 2.74. The van der Waals surface area contributed by atoms with Crippen LogP contribution < -0.4 is 11.5 Å². The van der Waals surface area contributed by atoms with E-state index in [1.54, 1.807) is 0 Å². The standard InChI is InChI=1S/C12H25N3O/c1-3-12(4-2,9-13)11(16)15-7-5-6-10(14)8-15/h10H,3-9,13-14H2,1-2H3. The van der Waals surface area contributed by atoms with Gasteiger partial charge in [-0.25, -0.2) is 0 Å². The van der Waals surface area contributed by atoms with E-state index in [0.717, 1.165) is 32.2 Å². The maximum Gasteiger partial charge on any atom is 0.230 e. The van der Waals surface area contributed by atoms with Gasteiger partial charge >= 0.3 is 0 Å². The molecule has 0 spiro atoms. The molecule has 1 atom stereocenters. The quantitative estimate of drug-likeness (QED) is 0.742. The lowest BCUT2D eigenvalue weighted by atomic mass is 9.80. The first-order chi connectivity index (χ1) is 7.59. The number of nitrogens with two attached hydrogens (primary N) is 2. The van der Waals surface area contributed by atoms with Gasteiger partial charge < -0.3 is 16.4 Å². The Hall–Kier alpha value is -0.610. The maximum atomic E-state index is 12.4. The Morgan fingerprint density at radius 1 is 1.44 bits per heavy atom. The summed E-state index contributed by atoms with van der Waals surface area (Å²) in [6, 6.07) is 0.141. The second-order valence-electron chi connectivity index (χ2n) is 4.85. The molecule has 0 aromatic rings. The summed E-state index contributed by atoms with van der Waals surface area (Å²) in [6.07, 6.45) is 3.66. The SMILES string of the molecule is CCC(CC)(CN)C(=O)N1CCCC(N)C1. The van der Waals surface area contributed by atoms with Crippen molar-refractivity contribution in [1.82, 2.24) is 4.90 Å². The highest BCUT2D eigenvalue weighted by Crippen LogP contribution is 2.28. The molecular weight excluding hydrogens is 202 g/mol. The monoisotopic (exact) mass is 227 g/mol. The molecule has 1 rings (SSSR count). The van der Waals surface area contributed by atoms with E-state index in [1.807, 2.05) is 18.7 Å². The van der Waals surface area contributed by atoms with Crippen LogP contribution in [0.5, 0.6) is 0 Å². The fourth-order valence-corrected chi connectivity index (χ4v) is 2.46. The van der Waals surface area contributed by atoms with Gasteiger partial charge in [-0.15, -0.1) is 0 Å². The van der Waals surface area contributed by atoms with Gasteiger partial charge in [0.15, 0.2) is 0 Å². The van der Waals surface area contributed by atoms with Crippen molar-refractivity contribution in [1.29, 1.82) is 0 Å². The first kappa shape index (κ1) is 13.5. The number of piperidine rings is 1. The minimum atomic E-state index is -0.364. The molecule has 4 N–H and O–H groups in total. The van der Waals surface area contributed by atoms with Crippen LogP contribution in [0.1, 0.15) is 39.5 Å². The predicted molar refractivity (Wildman–Crippen MR) is 65.9 cm³/mol. The Morgan fingerprint density at radius 2 is 2.06 bits per heavy atom. The van der Waals surface area contributed by atoms with Crippen LogP contribution in [0.4, 0.5) is 0 Å². The summed E-state index contributed by atoms with van der Waals surface area (Å²) in [6.45, 7) is 6.05. The van der Waals surface area contributed by atoms with Gasteiger partial charge in [-0.05, 0) is 25.7 Å². The van der Waals surface area contributed by atoms with Crippen molar-refractivity contribution in [2.24, 2.45) is 16.9 Å². The van der Waals surface area contributed by atoms with Crippen molar-refractivity contribution in [3.05, 3.63) is 0 Å². The molecule has 16 heavy (non-hydrogen) atoms. The Bertz CT molecular complexity index is 230. The van der Waals surface area contributed by atoms with Gasteiger partial charge in [-0.1, -0.05) is 13.8 Å². The highest BCUT2D eigenvalue weighted by molar-refractivity contribution is 5.83. The number of hydrogen-bond acceptors (Lipinski definition) is 3. The molecule has 0 aliphatic carbocycles. The third kappa shape index (κ3) is 2.55. The largest absolute Gasteiger partial charge is 0.341 e. The molecule has 4 nitrogen and oxygen atoms in total. The second-order valence-corrected chi connectivity index (χ2v) is 4.85. The van der Waals surface area contributed by atoms with Crippen molar-refractivity contribution >= 4 is 5.91 Å². The molecule has 1 aliphatic heterocycles. The molecule has 1 heterocycles. The summed E-state index contributed by atoms with van der Waals surface area (Å²) in [5, 5.41) is 0. The van der Waals surface area contributed by atoms with Crippen LogP contribution in [0.15, 0.2) is 0 Å². The van der Waals surface area contributed by atoms with Crippen LogP contribution in [-0.2, 0) is 4.79 Å². The fourth-order valence-electron chi connectivity index (χ4n) is 2.46. The maximum absolute atomic E-state index is 12.4. The lowest BCUT2D eigenvalue weighted by Crippen LogP contribution is -2.53. The zero-order valence-electron chi connectivity index (χ0n) is 10.5. The zero-order chi connectivity index (χ0) is 12.2. The van der Waals surface area contributed by atoms with Crippen LogP contribution in [0, 0.1) is 5.41 Å². The van der Waals surface area contributed by atoms with Gasteiger partial charge in [0.2, 0.25) is 5.91 Å². The minimum absolute atomic E-state index is 0.141. The van der Waals surface area contributed by atoms with E-state index in [-0.39, 0.29) is 17.4 Å². The molecule has 4 heteroatoms. The summed E-state index contributed by atoms with van der Waals surface area (Å²) in [7, 11) is 0. The molecule has 0 aromatic heterocycles. The molecule has 1 aliphatic rings. The number of likely N-dealkylation sites (tertiary alicyclic amines) is 1. The predicted octanol–water partition coefficient (Wildman–Crippen LogP) is 0.701. The topological polar surface area (TPSA) is 72.4 Å². The number of rotatable bonds is 4. The molecule has 1 unspecified atom stereocenters. The summed E-state index contributed by atoms with van der Waals surface area (Å²) in [5.41, 5.74) is 11.3. The smallest absolute Gasteiger partial charge is 0.230 e. The number of hydrogen-bond donors (Lipinski definition) is 2. The zero-order valence-corrected chi connectivity index (χ0v) is 10.5. The molecule has 0 radical (unpaired) electrons. The molecule has 0 saturated carbocycles. The molecule has 1 fully saturated rings. The lowest BCUT2D eigenvalue weighted by molar-refractivity contribution is -0.143. The van der Waals surface area contributed by atoms with Gasteiger partial charge in [-0.3, -0.25) is 4.79 Å². The van der Waals surface area contributed by atoms with E-state index < -0.39 is 0 Å². The van der Waals surface area contributed by atoms with Gasteiger partial charge in [-0.2, -0.15) is 0 Å². The van der Waals surface area contributed by atoms with Gasteiger partial charge in [0, 0.05) is 25.7 Å². The van der Waals surface area contributed by atoms with Crippen molar-refractivity contribution in [2.75, 3.05) is 19.6 Å². The minimum Gasteiger partial charge on any atom is -0.341 e. The number of nitrogens with zero attached hydrogens (tertiary/aromatic N) is 1. The van der Waals surface area contributed by atoms with E-state index >= 15 is 0 Å². The van der Waals surface area contributed by atoms with E-state index in [0.29, 0.717) is 13.1 Å². The molecule has 1 saturated heterocycles. The summed E-state index contributed by atoms with van der Waals surface area (Å²) >= 11 is 0. The van der Waals surface area contributed by atoms with E-state index in [9.17, 15) is 4.79 Å². The lowest BCUT2D eigenvalue weighted by Gasteiger charge is -2.38. The van der Waals surface area contributed by atoms with E-state index in [4.69, 9.17) is 11.5 Å². The number of carbonyl (C=O) groups is 1. The average molecular weight is 227 g/mol. The summed E-state index contributed by atoms with van der Waals surface area (Å²) in [5.74, 6) is 0.204. The van der Waals surface area contributed by atoms with Crippen LogP contribution in [0.25, 0.3) is 0 Å². The average Bonchev–Trinajstić information content (AvgIpc) is 2.32. The molecule has 0 aromatic carbocycles. The summed E-state index contributed by atoms with van der Waals surface area (Å²) in [4.78, 5) is 14.4. The van der Waals surface area contributed by atoms with Crippen LogP contribution in [0.2, 0.25) is 0 Å². The molecule has 0 bridgehead atoms. The van der Waals surface area contributed by atoms with E-state index in [2.05, 4.69) is 0 Å². The van der Waals surface area contributed by atoms with Crippen LogP contribution in [0.3, 0.4) is 0 Å². The highest BCUT2D eigenvalue weighted by Gasteiger charge is 2.37. The Morgan fingerprint density at radius 3 is 2.50 bits per heavy atom. The Labute approximate surface area is 98.3 Å². The van der Waals surface area contributed by atoms with Crippen molar-refractivity contribution in [2.45, 2.75) is 45.6 Å². The molecular formula is C12H25N3O. The van der Waals surface area contributed by atoms with Crippen LogP contribution >= 0.6 is 0 Å². The third-order valence-electron chi connectivity index (χ3n) is 3.94. The normalized spacial score (nSPS) is 22.2. The second kappa shape index (κ2) is 5.64. The fraction of sp³-hybridized carbons (Fsp3) is 0.917. The number of amides is 1. The van der Waals surface area contributed by atoms with Crippen molar-refractivity contribution in [3.63, 3.8) is 0 Å². The first-order valence-electron chi connectivity index (χ1n) is 6.34. The van der Waals surface area contributed by atoms with Crippen molar-refractivity contribution in [3.8, 4) is 0 Å². The van der Waals surface area contributed by atoms with Gasteiger partial charge in [0.05, 0.1) is 5.41 Å². The Kier molecular flexibility index (Phi) is 4.74. The van der Waals surface area contributed by atoms with E-state index in [1.165, 1.54) is 0 Å². The summed E-state index contributed by atoms with van der Waals surface area (Å²) < 4.78 is 0. The third-order valence-corrected chi connectivity index (χ3v) is 3.94. The molecule has 1 amide bonds. The molecule has 94 valence electrons. The first-order valence-corrected chi connectivity index (χ1v) is 6.34. The highest BCUT2D eigenvalue weighted by atomic mass is 16.2. The number of carbonyl (C=O) groups excluding carboxylic acids is 1.